The van der Waals surface area contributed by atoms with Crippen LogP contribution in [-0.4, -0.2) is 13.3 Å². The third-order valence-electron chi connectivity index (χ3n) is 1.80. The van der Waals surface area contributed by atoms with Gasteiger partial charge in [-0.1, -0.05) is 27.5 Å². The number of hydrogen-bond acceptors (Lipinski definition) is 1. The second-order valence-corrected chi connectivity index (χ2v) is 5.12. The van der Waals surface area contributed by atoms with Gasteiger partial charge in [0, 0.05) is 10.6 Å². The van der Waals surface area contributed by atoms with E-state index in [0.29, 0.717) is 4.47 Å². The Labute approximate surface area is 112 Å². The normalized spacial score (nSPS) is 13.7. The van der Waals surface area contributed by atoms with Crippen LogP contribution in [0.3, 0.4) is 0 Å². The van der Waals surface area contributed by atoms with Crippen LogP contribution in [0.2, 0.25) is 5.02 Å². The molecule has 1 unspecified atom stereocenters. The summed E-state index contributed by atoms with van der Waals surface area (Å²) in [6, 6.07) is 2.69. The number of benzene rings is 1. The molecule has 1 nitrogen and oxygen atoms in total. The summed E-state index contributed by atoms with van der Waals surface area (Å²) in [6.07, 6.45) is -4.41. The van der Waals surface area contributed by atoms with Gasteiger partial charge in [-0.15, -0.1) is 0 Å². The summed E-state index contributed by atoms with van der Waals surface area (Å²) in [7, 11) is 1.30. The molecule has 0 aliphatic heterocycles. The van der Waals surface area contributed by atoms with Crippen molar-refractivity contribution < 1.29 is 17.9 Å². The van der Waals surface area contributed by atoms with Crippen molar-refractivity contribution in [2.75, 3.05) is 7.11 Å². The fourth-order valence-corrected chi connectivity index (χ4v) is 2.50. The van der Waals surface area contributed by atoms with Crippen LogP contribution in [0.15, 0.2) is 16.6 Å². The number of ether oxygens (including phenoxy) is 1. The quantitative estimate of drug-likeness (QED) is 0.646. The van der Waals surface area contributed by atoms with E-state index in [1.807, 2.05) is 0 Å². The molecule has 0 N–H and O–H groups in total. The number of halogens is 6. The van der Waals surface area contributed by atoms with E-state index >= 15 is 0 Å². The van der Waals surface area contributed by atoms with Gasteiger partial charge in [0.25, 0.3) is 0 Å². The number of methoxy groups -OCH3 is 1. The maximum absolute atomic E-state index is 12.6. The molecular formula is C9H6Br2ClF3O. The van der Waals surface area contributed by atoms with Crippen molar-refractivity contribution >= 4 is 43.5 Å². The first kappa shape index (κ1) is 14.1. The summed E-state index contributed by atoms with van der Waals surface area (Å²) >= 11 is 11.4. The lowest BCUT2D eigenvalue weighted by atomic mass is 10.1. The van der Waals surface area contributed by atoms with Crippen LogP contribution in [0.5, 0.6) is 5.75 Å². The summed E-state index contributed by atoms with van der Waals surface area (Å²) < 4.78 is 43.0. The first-order chi connectivity index (χ1) is 7.27. The molecule has 0 bridgehead atoms. The van der Waals surface area contributed by atoms with Gasteiger partial charge in [-0.05, 0) is 28.1 Å². The Morgan fingerprint density at radius 2 is 1.94 bits per heavy atom. The van der Waals surface area contributed by atoms with Crippen LogP contribution in [0.25, 0.3) is 0 Å². The van der Waals surface area contributed by atoms with Gasteiger partial charge >= 0.3 is 6.18 Å². The second-order valence-electron chi connectivity index (χ2n) is 2.91. The van der Waals surface area contributed by atoms with Gasteiger partial charge in [-0.3, -0.25) is 0 Å². The summed E-state index contributed by atoms with van der Waals surface area (Å²) in [4.78, 5) is -1.81. The molecule has 16 heavy (non-hydrogen) atoms. The smallest absolute Gasteiger partial charge is 0.405 e. The largest absolute Gasteiger partial charge is 0.495 e. The first-order valence-electron chi connectivity index (χ1n) is 4.01. The van der Waals surface area contributed by atoms with Crippen molar-refractivity contribution in [2.45, 2.75) is 11.0 Å². The van der Waals surface area contributed by atoms with Gasteiger partial charge in [0.15, 0.2) is 0 Å². The minimum absolute atomic E-state index is 0.0608. The van der Waals surface area contributed by atoms with Crippen LogP contribution >= 0.6 is 43.5 Å². The van der Waals surface area contributed by atoms with Gasteiger partial charge in [0.2, 0.25) is 0 Å². The molecule has 0 saturated carbocycles. The van der Waals surface area contributed by atoms with E-state index < -0.39 is 11.0 Å². The van der Waals surface area contributed by atoms with E-state index in [-0.39, 0.29) is 16.3 Å². The van der Waals surface area contributed by atoms with Crippen LogP contribution in [0.4, 0.5) is 13.2 Å². The van der Waals surface area contributed by atoms with E-state index in [0.717, 1.165) is 0 Å². The summed E-state index contributed by atoms with van der Waals surface area (Å²) in [6.45, 7) is 0. The van der Waals surface area contributed by atoms with E-state index in [1.54, 1.807) is 0 Å². The van der Waals surface area contributed by atoms with Crippen molar-refractivity contribution in [3.8, 4) is 5.75 Å². The van der Waals surface area contributed by atoms with Gasteiger partial charge in [-0.25, -0.2) is 0 Å². The van der Waals surface area contributed by atoms with Crippen molar-refractivity contribution in [2.24, 2.45) is 0 Å². The molecule has 90 valence electrons. The van der Waals surface area contributed by atoms with Crippen LogP contribution in [0.1, 0.15) is 10.4 Å². The van der Waals surface area contributed by atoms with E-state index in [2.05, 4.69) is 31.9 Å². The Morgan fingerprint density at radius 3 is 2.38 bits per heavy atom. The van der Waals surface area contributed by atoms with Gasteiger partial charge in [-0.2, -0.15) is 13.2 Å². The highest BCUT2D eigenvalue weighted by Crippen LogP contribution is 2.46. The topological polar surface area (TPSA) is 9.23 Å². The zero-order valence-electron chi connectivity index (χ0n) is 7.91. The molecule has 1 atom stereocenters. The van der Waals surface area contributed by atoms with E-state index in [4.69, 9.17) is 16.3 Å². The Balaban J connectivity index is 3.31. The predicted molar refractivity (Wildman–Crippen MR) is 63.4 cm³/mol. The highest BCUT2D eigenvalue weighted by atomic mass is 79.9. The second kappa shape index (κ2) is 5.14. The average molecular weight is 382 g/mol. The summed E-state index contributed by atoms with van der Waals surface area (Å²) in [5.41, 5.74) is -0.0608. The van der Waals surface area contributed by atoms with Crippen molar-refractivity contribution in [1.29, 1.82) is 0 Å². The number of hydrogen-bond donors (Lipinski definition) is 0. The fourth-order valence-electron chi connectivity index (χ4n) is 1.16. The number of rotatable bonds is 2. The molecule has 0 amide bonds. The zero-order valence-corrected chi connectivity index (χ0v) is 11.8. The van der Waals surface area contributed by atoms with Crippen molar-refractivity contribution in [3.05, 3.63) is 27.2 Å². The minimum Gasteiger partial charge on any atom is -0.495 e. The molecule has 0 aliphatic rings. The lowest BCUT2D eigenvalue weighted by Gasteiger charge is -2.18. The molecule has 0 fully saturated rings. The number of alkyl halides is 4. The third kappa shape index (κ3) is 3.05. The predicted octanol–water partition coefficient (Wildman–Crippen LogP) is 5.11. The molecule has 0 spiro atoms. The van der Waals surface area contributed by atoms with Gasteiger partial charge in [0.05, 0.1) is 11.6 Å². The Kier molecular flexibility index (Phi) is 4.54. The molecule has 1 aromatic carbocycles. The maximum Gasteiger partial charge on any atom is 0.405 e. The van der Waals surface area contributed by atoms with Crippen LogP contribution in [0, 0.1) is 0 Å². The van der Waals surface area contributed by atoms with Gasteiger partial charge < -0.3 is 4.74 Å². The van der Waals surface area contributed by atoms with E-state index in [1.165, 1.54) is 19.2 Å². The molecule has 0 heterocycles. The standard InChI is InChI=1S/C9H6Br2ClF3O/c1-16-7-5(8(11)9(13,14)15)2-4(12)3-6(7)10/h2-3,8H,1H3. The lowest BCUT2D eigenvalue weighted by Crippen LogP contribution is -2.16. The SMILES string of the molecule is COc1c(Br)cc(Cl)cc1C(Br)C(F)(F)F. The molecule has 1 aromatic rings. The maximum atomic E-state index is 12.6. The summed E-state index contributed by atoms with van der Waals surface area (Å²) in [5.74, 6) is 0.114. The third-order valence-corrected chi connectivity index (χ3v) is 3.62. The summed E-state index contributed by atoms with van der Waals surface area (Å²) in [5, 5.41) is 0.205. The fraction of sp³-hybridized carbons (Fsp3) is 0.333. The Bertz CT molecular complexity index is 395. The highest BCUT2D eigenvalue weighted by molar-refractivity contribution is 9.10. The first-order valence-corrected chi connectivity index (χ1v) is 6.09. The zero-order chi connectivity index (χ0) is 12.5. The molecule has 0 saturated heterocycles. The molecule has 0 aliphatic carbocycles. The van der Waals surface area contributed by atoms with Gasteiger partial charge in [0.1, 0.15) is 10.6 Å². The molecular weight excluding hydrogens is 376 g/mol. The minimum atomic E-state index is -4.41. The average Bonchev–Trinajstić information content (AvgIpc) is 2.14. The Hall–Kier alpha value is 0.0600. The molecule has 0 radical (unpaired) electrons. The monoisotopic (exact) mass is 380 g/mol. The van der Waals surface area contributed by atoms with Crippen LogP contribution < -0.4 is 4.74 Å². The van der Waals surface area contributed by atoms with E-state index in [9.17, 15) is 13.2 Å². The molecule has 7 heteroatoms. The lowest BCUT2D eigenvalue weighted by molar-refractivity contribution is -0.128. The van der Waals surface area contributed by atoms with Crippen LogP contribution in [-0.2, 0) is 0 Å². The van der Waals surface area contributed by atoms with Crippen molar-refractivity contribution in [3.63, 3.8) is 0 Å². The molecule has 1 rings (SSSR count). The highest BCUT2D eigenvalue weighted by Gasteiger charge is 2.40. The van der Waals surface area contributed by atoms with Crippen molar-refractivity contribution in [1.82, 2.24) is 0 Å². The molecule has 0 aromatic heterocycles. The Morgan fingerprint density at radius 1 is 1.38 bits per heavy atom.